The lowest BCUT2D eigenvalue weighted by Gasteiger charge is -2.40. The van der Waals surface area contributed by atoms with Gasteiger partial charge in [0, 0.05) is 30.5 Å². The Balaban J connectivity index is 1.92. The average Bonchev–Trinajstić information content (AvgIpc) is 2.54. The number of unbranched alkanes of at least 4 members (excludes halogenated alkanes) is 1. The van der Waals surface area contributed by atoms with Crippen LogP contribution in [-0.4, -0.2) is 40.9 Å². The third-order valence-corrected chi connectivity index (χ3v) is 5.27. The van der Waals surface area contributed by atoms with Gasteiger partial charge in [0.25, 0.3) is 0 Å². The predicted molar refractivity (Wildman–Crippen MR) is 94.3 cm³/mol. The molecule has 1 fully saturated rings. The molecule has 1 aromatic carbocycles. The smallest absolute Gasteiger partial charge is 0.312 e. The molecule has 1 aliphatic heterocycles. The quantitative estimate of drug-likeness (QED) is 0.785. The third-order valence-electron chi connectivity index (χ3n) is 4.07. The normalized spacial score (nSPS) is 21.0. The molecule has 23 heavy (non-hydrogen) atoms. The summed E-state index contributed by atoms with van der Waals surface area (Å²) in [4.78, 5) is 25.3. The molecule has 0 saturated carbocycles. The van der Waals surface area contributed by atoms with Crippen molar-refractivity contribution in [3.63, 3.8) is 0 Å². The van der Waals surface area contributed by atoms with Crippen LogP contribution in [0.5, 0.6) is 0 Å². The van der Waals surface area contributed by atoms with Gasteiger partial charge in [0.15, 0.2) is 0 Å². The Morgan fingerprint density at radius 1 is 1.30 bits per heavy atom. The second-order valence-corrected chi connectivity index (χ2v) is 7.25. The minimum atomic E-state index is -0.512. The van der Waals surface area contributed by atoms with Crippen molar-refractivity contribution in [3.8, 4) is 0 Å². The second-order valence-electron chi connectivity index (χ2n) is 5.77. The zero-order valence-electron chi connectivity index (χ0n) is 13.5. The van der Waals surface area contributed by atoms with Crippen molar-refractivity contribution in [3.05, 3.63) is 35.9 Å². The van der Waals surface area contributed by atoms with E-state index in [0.29, 0.717) is 18.2 Å². The number of carbonyl (C=O) groups is 2. The highest BCUT2D eigenvalue weighted by molar-refractivity contribution is 8.00. The predicted octanol–water partition coefficient (Wildman–Crippen LogP) is 2.53. The van der Waals surface area contributed by atoms with Crippen LogP contribution in [0.3, 0.4) is 0 Å². The Labute approximate surface area is 142 Å². The second kappa shape index (κ2) is 8.82. The Morgan fingerprint density at radius 3 is 2.74 bits per heavy atom. The molecule has 1 aliphatic rings. The van der Waals surface area contributed by atoms with Gasteiger partial charge in [0.2, 0.25) is 5.91 Å². The van der Waals surface area contributed by atoms with E-state index in [4.69, 9.17) is 5.73 Å². The summed E-state index contributed by atoms with van der Waals surface area (Å²) >= 11 is 1.92. The lowest BCUT2D eigenvalue weighted by atomic mass is 10.0. The Kier molecular flexibility index (Phi) is 6.77. The van der Waals surface area contributed by atoms with E-state index in [-0.39, 0.29) is 11.9 Å². The van der Waals surface area contributed by atoms with Crippen LogP contribution in [0.1, 0.15) is 37.8 Å². The minimum absolute atomic E-state index is 0.145. The largest absolute Gasteiger partial charge is 0.352 e. The van der Waals surface area contributed by atoms with Crippen molar-refractivity contribution >= 4 is 23.7 Å². The molecule has 126 valence electrons. The summed E-state index contributed by atoms with van der Waals surface area (Å²) in [5, 5.41) is 2.95. The van der Waals surface area contributed by atoms with Crippen LogP contribution in [0.25, 0.3) is 0 Å². The maximum atomic E-state index is 12.6. The first kappa shape index (κ1) is 17.7. The van der Waals surface area contributed by atoms with E-state index < -0.39 is 6.03 Å². The molecule has 1 heterocycles. The van der Waals surface area contributed by atoms with Gasteiger partial charge in [-0.05, 0) is 18.4 Å². The molecular weight excluding hydrogens is 310 g/mol. The van der Waals surface area contributed by atoms with Crippen molar-refractivity contribution in [1.29, 1.82) is 0 Å². The van der Waals surface area contributed by atoms with Gasteiger partial charge in [0.05, 0.1) is 6.04 Å². The van der Waals surface area contributed by atoms with Gasteiger partial charge in [-0.1, -0.05) is 37.3 Å². The highest BCUT2D eigenvalue weighted by Crippen LogP contribution is 2.36. The van der Waals surface area contributed by atoms with Crippen molar-refractivity contribution in [2.24, 2.45) is 5.73 Å². The molecule has 5 nitrogen and oxygen atoms in total. The Morgan fingerprint density at radius 2 is 2.04 bits per heavy atom. The molecule has 0 aliphatic carbocycles. The molecule has 0 unspecified atom stereocenters. The number of nitrogens with two attached hydrogens (primary N) is 1. The summed E-state index contributed by atoms with van der Waals surface area (Å²) in [5.74, 6) is 1.18. The molecule has 0 bridgehead atoms. The first-order valence-electron chi connectivity index (χ1n) is 8.09. The first-order valence-corrected chi connectivity index (χ1v) is 9.14. The van der Waals surface area contributed by atoms with Gasteiger partial charge in [0.1, 0.15) is 0 Å². The minimum Gasteiger partial charge on any atom is -0.352 e. The molecule has 0 spiro atoms. The fraction of sp³-hybridized carbons (Fsp3) is 0.529. The van der Waals surface area contributed by atoms with Crippen LogP contribution in [0, 0.1) is 0 Å². The first-order chi connectivity index (χ1) is 11.1. The lowest BCUT2D eigenvalue weighted by molar-refractivity contribution is -0.133. The highest BCUT2D eigenvalue weighted by atomic mass is 32.2. The number of hydrogen-bond acceptors (Lipinski definition) is 3. The van der Waals surface area contributed by atoms with Gasteiger partial charge in [-0.2, -0.15) is 11.8 Å². The van der Waals surface area contributed by atoms with Gasteiger partial charge in [-0.15, -0.1) is 0 Å². The molecule has 1 saturated heterocycles. The Bertz CT molecular complexity index is 524. The summed E-state index contributed by atoms with van der Waals surface area (Å²) in [6.45, 7) is 3.52. The van der Waals surface area contributed by atoms with Crippen LogP contribution < -0.4 is 11.1 Å². The monoisotopic (exact) mass is 335 g/mol. The molecule has 0 radical (unpaired) electrons. The summed E-state index contributed by atoms with van der Waals surface area (Å²) in [6.07, 6.45) is 2.04. The standard InChI is InChI=1S/C17H25N3O2S/c1-13-16(14-7-3-2-4-8-14)20(11-12-23-13)15(21)9-5-6-10-19-17(18)22/h2-4,7-8,13,16H,5-6,9-12H2,1H3,(H3,18,19,22)/t13-,16-/m0/s1. The van der Waals surface area contributed by atoms with E-state index in [1.807, 2.05) is 34.9 Å². The zero-order valence-corrected chi connectivity index (χ0v) is 14.3. The van der Waals surface area contributed by atoms with Crippen molar-refractivity contribution < 1.29 is 9.59 Å². The fourth-order valence-corrected chi connectivity index (χ4v) is 4.12. The van der Waals surface area contributed by atoms with Crippen LogP contribution in [0.2, 0.25) is 0 Å². The summed E-state index contributed by atoms with van der Waals surface area (Å²) in [6, 6.07) is 9.89. The van der Waals surface area contributed by atoms with Crippen LogP contribution in [0.15, 0.2) is 30.3 Å². The fourth-order valence-electron chi connectivity index (χ4n) is 2.96. The number of nitrogens with one attached hydrogen (secondary N) is 1. The van der Waals surface area contributed by atoms with E-state index in [9.17, 15) is 9.59 Å². The topological polar surface area (TPSA) is 75.4 Å². The number of urea groups is 1. The maximum absolute atomic E-state index is 12.6. The molecule has 2 rings (SSSR count). The number of primary amides is 1. The molecule has 1 aromatic rings. The molecule has 6 heteroatoms. The summed E-state index contributed by atoms with van der Waals surface area (Å²) < 4.78 is 0. The molecule has 2 atom stereocenters. The van der Waals surface area contributed by atoms with E-state index >= 15 is 0 Å². The van der Waals surface area contributed by atoms with Crippen LogP contribution in [-0.2, 0) is 4.79 Å². The molecule has 3 amide bonds. The summed E-state index contributed by atoms with van der Waals surface area (Å²) in [7, 11) is 0. The lowest BCUT2D eigenvalue weighted by Crippen LogP contribution is -2.43. The number of carbonyl (C=O) groups excluding carboxylic acids is 2. The van der Waals surface area contributed by atoms with Crippen LogP contribution >= 0.6 is 11.8 Å². The number of rotatable bonds is 6. The van der Waals surface area contributed by atoms with E-state index in [1.54, 1.807) is 0 Å². The van der Waals surface area contributed by atoms with Gasteiger partial charge in [-0.25, -0.2) is 4.79 Å². The number of amides is 3. The summed E-state index contributed by atoms with van der Waals surface area (Å²) in [5.41, 5.74) is 6.23. The van der Waals surface area contributed by atoms with E-state index in [0.717, 1.165) is 25.1 Å². The number of nitrogens with zero attached hydrogens (tertiary/aromatic N) is 1. The highest BCUT2D eigenvalue weighted by Gasteiger charge is 2.32. The SMILES string of the molecule is C[C@@H]1SCCN(C(=O)CCCCNC(N)=O)[C@@H]1c1ccccc1. The third kappa shape index (κ3) is 5.16. The zero-order chi connectivity index (χ0) is 16.7. The molecule has 0 aromatic heterocycles. The van der Waals surface area contributed by atoms with Crippen molar-refractivity contribution in [2.45, 2.75) is 37.5 Å². The van der Waals surface area contributed by atoms with Crippen molar-refractivity contribution in [1.82, 2.24) is 10.2 Å². The average molecular weight is 335 g/mol. The van der Waals surface area contributed by atoms with Gasteiger partial charge in [-0.3, -0.25) is 4.79 Å². The molecule has 3 N–H and O–H groups in total. The number of benzene rings is 1. The Hall–Kier alpha value is -1.69. The van der Waals surface area contributed by atoms with Crippen molar-refractivity contribution in [2.75, 3.05) is 18.8 Å². The van der Waals surface area contributed by atoms with Gasteiger partial charge >= 0.3 is 6.03 Å². The number of hydrogen-bond donors (Lipinski definition) is 2. The van der Waals surface area contributed by atoms with E-state index in [1.165, 1.54) is 5.56 Å². The van der Waals surface area contributed by atoms with Gasteiger partial charge < -0.3 is 16.0 Å². The maximum Gasteiger partial charge on any atom is 0.312 e. The molecular formula is C17H25N3O2S. The number of thioether (sulfide) groups is 1. The van der Waals surface area contributed by atoms with E-state index in [2.05, 4.69) is 24.4 Å². The van der Waals surface area contributed by atoms with Crippen LogP contribution in [0.4, 0.5) is 4.79 Å².